The molecule has 0 spiro atoms. The molecule has 0 aliphatic carbocycles. The summed E-state index contributed by atoms with van der Waals surface area (Å²) in [5.74, 6) is 0. The second-order valence-electron chi connectivity index (χ2n) is 3.30. The van der Waals surface area contributed by atoms with E-state index in [9.17, 15) is 0 Å². The van der Waals surface area contributed by atoms with Crippen molar-refractivity contribution in [3.8, 4) is 6.01 Å². The average molecular weight is 181 g/mol. The Morgan fingerprint density at radius 3 is 3.31 bits per heavy atom. The fourth-order valence-corrected chi connectivity index (χ4v) is 1.53. The van der Waals surface area contributed by atoms with Crippen molar-refractivity contribution in [1.82, 2.24) is 9.55 Å². The summed E-state index contributed by atoms with van der Waals surface area (Å²) in [6, 6.07) is 0.776. The Morgan fingerprint density at radius 1 is 1.62 bits per heavy atom. The molecule has 0 radical (unpaired) electrons. The van der Waals surface area contributed by atoms with Crippen LogP contribution in [0.3, 0.4) is 0 Å². The third kappa shape index (κ3) is 1.83. The standard InChI is InChI=1S/C9H15N3O/c10-4-1-3-8-7-12-5-2-6-13-9(12)11-8/h7H,1-6,10H2. The number of imidazole rings is 1. The summed E-state index contributed by atoms with van der Waals surface area (Å²) in [6.07, 6.45) is 5.11. The van der Waals surface area contributed by atoms with Crippen molar-refractivity contribution in [3.05, 3.63) is 11.9 Å². The van der Waals surface area contributed by atoms with E-state index in [0.29, 0.717) is 0 Å². The molecule has 4 nitrogen and oxygen atoms in total. The third-order valence-corrected chi connectivity index (χ3v) is 2.20. The van der Waals surface area contributed by atoms with Crippen LogP contribution >= 0.6 is 0 Å². The second kappa shape index (κ2) is 3.79. The lowest BCUT2D eigenvalue weighted by atomic mass is 10.2. The number of hydrogen-bond acceptors (Lipinski definition) is 3. The predicted octanol–water partition coefficient (Wildman–Crippen LogP) is 0.557. The topological polar surface area (TPSA) is 53.1 Å². The minimum atomic E-state index is 0.725. The van der Waals surface area contributed by atoms with Crippen LogP contribution in [0.5, 0.6) is 6.01 Å². The van der Waals surface area contributed by atoms with Crippen LogP contribution in [0.15, 0.2) is 6.20 Å². The van der Waals surface area contributed by atoms with Crippen molar-refractivity contribution in [2.24, 2.45) is 5.73 Å². The highest BCUT2D eigenvalue weighted by atomic mass is 16.5. The molecule has 0 saturated carbocycles. The molecule has 2 N–H and O–H groups in total. The summed E-state index contributed by atoms with van der Waals surface area (Å²) in [6.45, 7) is 2.56. The number of hydrogen-bond donors (Lipinski definition) is 1. The molecule has 0 amide bonds. The van der Waals surface area contributed by atoms with Crippen LogP contribution in [0.25, 0.3) is 0 Å². The maximum atomic E-state index is 5.43. The smallest absolute Gasteiger partial charge is 0.296 e. The Hall–Kier alpha value is -1.03. The molecule has 1 aliphatic rings. The molecule has 1 aromatic rings. The first-order valence-electron chi connectivity index (χ1n) is 4.79. The molecule has 1 aliphatic heterocycles. The molecule has 0 unspecified atom stereocenters. The lowest BCUT2D eigenvalue weighted by Crippen LogP contribution is -2.13. The van der Waals surface area contributed by atoms with Gasteiger partial charge >= 0.3 is 0 Å². The maximum absolute atomic E-state index is 5.43. The van der Waals surface area contributed by atoms with Crippen molar-refractivity contribution < 1.29 is 4.74 Å². The highest BCUT2D eigenvalue weighted by Crippen LogP contribution is 2.17. The van der Waals surface area contributed by atoms with Gasteiger partial charge in [-0.1, -0.05) is 0 Å². The number of ether oxygens (including phenoxy) is 1. The van der Waals surface area contributed by atoms with Gasteiger partial charge in [-0.3, -0.25) is 0 Å². The third-order valence-electron chi connectivity index (χ3n) is 2.20. The van der Waals surface area contributed by atoms with Gasteiger partial charge in [-0.15, -0.1) is 0 Å². The molecular weight excluding hydrogens is 166 g/mol. The van der Waals surface area contributed by atoms with Gasteiger partial charge in [-0.2, -0.15) is 0 Å². The normalized spacial score (nSPS) is 15.2. The minimum Gasteiger partial charge on any atom is -0.465 e. The fraction of sp³-hybridized carbons (Fsp3) is 0.667. The highest BCUT2D eigenvalue weighted by molar-refractivity contribution is 5.10. The van der Waals surface area contributed by atoms with E-state index >= 15 is 0 Å². The van der Waals surface area contributed by atoms with E-state index in [1.165, 1.54) is 0 Å². The van der Waals surface area contributed by atoms with E-state index in [1.54, 1.807) is 0 Å². The zero-order valence-corrected chi connectivity index (χ0v) is 7.70. The summed E-state index contributed by atoms with van der Waals surface area (Å²) in [4.78, 5) is 4.37. The average Bonchev–Trinajstić information content (AvgIpc) is 2.57. The van der Waals surface area contributed by atoms with Gasteiger partial charge in [0.1, 0.15) is 0 Å². The van der Waals surface area contributed by atoms with Crippen LogP contribution in [-0.2, 0) is 13.0 Å². The molecule has 72 valence electrons. The van der Waals surface area contributed by atoms with Crippen molar-refractivity contribution in [2.45, 2.75) is 25.8 Å². The second-order valence-corrected chi connectivity index (χ2v) is 3.30. The molecule has 0 aromatic carbocycles. The van der Waals surface area contributed by atoms with E-state index in [4.69, 9.17) is 10.5 Å². The van der Waals surface area contributed by atoms with Crippen molar-refractivity contribution in [1.29, 1.82) is 0 Å². The Balaban J connectivity index is 2.07. The molecule has 0 atom stereocenters. The number of rotatable bonds is 3. The van der Waals surface area contributed by atoms with Crippen LogP contribution in [0.4, 0.5) is 0 Å². The summed E-state index contributed by atoms with van der Waals surface area (Å²) in [5.41, 5.74) is 6.53. The Morgan fingerprint density at radius 2 is 2.54 bits per heavy atom. The zero-order chi connectivity index (χ0) is 9.10. The van der Waals surface area contributed by atoms with Gasteiger partial charge in [0.15, 0.2) is 0 Å². The zero-order valence-electron chi connectivity index (χ0n) is 7.70. The molecule has 13 heavy (non-hydrogen) atoms. The van der Waals surface area contributed by atoms with Crippen molar-refractivity contribution >= 4 is 0 Å². The summed E-state index contributed by atoms with van der Waals surface area (Å²) < 4.78 is 7.48. The van der Waals surface area contributed by atoms with Crippen LogP contribution in [0, 0.1) is 0 Å². The van der Waals surface area contributed by atoms with E-state index in [2.05, 4.69) is 15.7 Å². The summed E-state index contributed by atoms with van der Waals surface area (Å²) >= 11 is 0. The SMILES string of the molecule is NCCCc1cn2c(n1)OCCC2. The molecule has 2 heterocycles. The Bertz CT molecular complexity index is 259. The van der Waals surface area contributed by atoms with Gasteiger partial charge < -0.3 is 15.0 Å². The van der Waals surface area contributed by atoms with Crippen LogP contribution < -0.4 is 10.5 Å². The first kappa shape index (κ1) is 8.56. The largest absolute Gasteiger partial charge is 0.465 e. The van der Waals surface area contributed by atoms with Gasteiger partial charge in [0.2, 0.25) is 0 Å². The summed E-state index contributed by atoms with van der Waals surface area (Å²) in [7, 11) is 0. The quantitative estimate of drug-likeness (QED) is 0.741. The first-order valence-corrected chi connectivity index (χ1v) is 4.79. The van der Waals surface area contributed by atoms with Gasteiger partial charge in [-0.05, 0) is 25.8 Å². The van der Waals surface area contributed by atoms with E-state index in [-0.39, 0.29) is 0 Å². The van der Waals surface area contributed by atoms with Crippen LogP contribution in [-0.4, -0.2) is 22.7 Å². The van der Waals surface area contributed by atoms with Gasteiger partial charge in [0.05, 0.1) is 12.3 Å². The minimum absolute atomic E-state index is 0.725. The lowest BCUT2D eigenvalue weighted by molar-refractivity contribution is 0.231. The molecule has 1 aromatic heterocycles. The van der Waals surface area contributed by atoms with Crippen LogP contribution in [0.1, 0.15) is 18.5 Å². The number of nitrogens with two attached hydrogens (primary N) is 1. The maximum Gasteiger partial charge on any atom is 0.296 e. The molecular formula is C9H15N3O. The van der Waals surface area contributed by atoms with Gasteiger partial charge in [0, 0.05) is 12.7 Å². The lowest BCUT2D eigenvalue weighted by Gasteiger charge is -2.13. The van der Waals surface area contributed by atoms with Crippen molar-refractivity contribution in [3.63, 3.8) is 0 Å². The fourth-order valence-electron chi connectivity index (χ4n) is 1.53. The molecule has 0 bridgehead atoms. The molecule has 2 rings (SSSR count). The monoisotopic (exact) mass is 181 g/mol. The van der Waals surface area contributed by atoms with Gasteiger partial charge in [-0.25, -0.2) is 4.98 Å². The number of nitrogens with zero attached hydrogens (tertiary/aromatic N) is 2. The molecule has 0 saturated heterocycles. The number of fused-ring (bicyclic) bond motifs is 1. The van der Waals surface area contributed by atoms with Gasteiger partial charge in [0.25, 0.3) is 6.01 Å². The molecule has 4 heteroatoms. The molecule has 0 fully saturated rings. The van der Waals surface area contributed by atoms with E-state index in [0.717, 1.165) is 50.7 Å². The predicted molar refractivity (Wildman–Crippen MR) is 49.7 cm³/mol. The van der Waals surface area contributed by atoms with Crippen molar-refractivity contribution in [2.75, 3.05) is 13.2 Å². The van der Waals surface area contributed by atoms with E-state index < -0.39 is 0 Å². The number of aryl methyl sites for hydroxylation is 2. The number of aromatic nitrogens is 2. The first-order chi connectivity index (χ1) is 6.40. The highest BCUT2D eigenvalue weighted by Gasteiger charge is 2.12. The van der Waals surface area contributed by atoms with E-state index in [1.807, 2.05) is 0 Å². The summed E-state index contributed by atoms with van der Waals surface area (Å²) in [5, 5.41) is 0. The van der Waals surface area contributed by atoms with Crippen LogP contribution in [0.2, 0.25) is 0 Å². The Labute approximate surface area is 77.7 Å². The Kier molecular flexibility index (Phi) is 2.49.